The molecule has 3 nitrogen and oxygen atoms in total. The number of nitrogens with zero attached hydrogens (tertiary/aromatic N) is 1. The largest absolute Gasteiger partial charge is 0.472 e. The molecule has 0 aromatic carbocycles. The summed E-state index contributed by atoms with van der Waals surface area (Å²) in [4.78, 5) is 4.75. The average Bonchev–Trinajstić information content (AvgIpc) is 2.52. The Hall–Kier alpha value is -1.69. The van der Waals surface area contributed by atoms with Crippen LogP contribution in [0, 0.1) is 12.3 Å². The van der Waals surface area contributed by atoms with Gasteiger partial charge in [-0.1, -0.05) is 5.92 Å². The molecule has 0 saturated carbocycles. The minimum absolute atomic E-state index is 0.494. The first-order valence-electron chi connectivity index (χ1n) is 2.98. The highest BCUT2D eigenvalue weighted by atomic mass is 16.6. The summed E-state index contributed by atoms with van der Waals surface area (Å²) < 4.78 is 4.81. The molecule has 0 saturated heterocycles. The van der Waals surface area contributed by atoms with Crippen LogP contribution in [0.25, 0.3) is 0 Å². The Bertz CT molecular complexity index is 258. The van der Waals surface area contributed by atoms with Gasteiger partial charge in [-0.15, -0.1) is 11.6 Å². The summed E-state index contributed by atoms with van der Waals surface area (Å²) in [6.45, 7) is 3.16. The number of terminal acetylenes is 1. The van der Waals surface area contributed by atoms with E-state index in [1.807, 2.05) is 0 Å². The van der Waals surface area contributed by atoms with E-state index in [9.17, 15) is 0 Å². The van der Waals surface area contributed by atoms with Gasteiger partial charge >= 0.3 is 0 Å². The Balaban J connectivity index is 2.73. The fourth-order valence-corrected chi connectivity index (χ4v) is 0.686. The topological polar surface area (TPSA) is 34.7 Å². The van der Waals surface area contributed by atoms with Crippen molar-refractivity contribution in [3.8, 4) is 12.3 Å². The van der Waals surface area contributed by atoms with Gasteiger partial charge < -0.3 is 9.25 Å². The molecule has 0 bridgehead atoms. The predicted molar refractivity (Wildman–Crippen MR) is 40.9 cm³/mol. The van der Waals surface area contributed by atoms with Crippen LogP contribution in [0.4, 0.5) is 0 Å². The van der Waals surface area contributed by atoms with E-state index in [4.69, 9.17) is 15.7 Å². The van der Waals surface area contributed by atoms with Crippen LogP contribution in [0.2, 0.25) is 0 Å². The molecule has 0 radical (unpaired) electrons. The Morgan fingerprint density at radius 3 is 3.09 bits per heavy atom. The van der Waals surface area contributed by atoms with E-state index < -0.39 is 6.10 Å². The van der Waals surface area contributed by atoms with Crippen LogP contribution in [-0.4, -0.2) is 6.72 Å². The van der Waals surface area contributed by atoms with Crippen molar-refractivity contribution in [2.75, 3.05) is 0 Å². The van der Waals surface area contributed by atoms with Gasteiger partial charge in [0.15, 0.2) is 0 Å². The first-order valence-corrected chi connectivity index (χ1v) is 2.98. The maximum atomic E-state index is 5.15. The molecular formula is C8H7NO2. The molecule has 1 heterocycles. The Morgan fingerprint density at radius 2 is 2.64 bits per heavy atom. The molecule has 1 aromatic heterocycles. The quantitative estimate of drug-likeness (QED) is 0.371. The summed E-state index contributed by atoms with van der Waals surface area (Å²) in [7, 11) is 0. The van der Waals surface area contributed by atoms with E-state index in [0.717, 1.165) is 5.56 Å². The molecule has 1 rings (SSSR count). The second-order valence-electron chi connectivity index (χ2n) is 1.84. The second kappa shape index (κ2) is 3.47. The van der Waals surface area contributed by atoms with Crippen LogP contribution in [-0.2, 0) is 4.84 Å². The molecule has 0 aliphatic heterocycles. The summed E-state index contributed by atoms with van der Waals surface area (Å²) in [6, 6.07) is 1.72. The van der Waals surface area contributed by atoms with Crippen LogP contribution >= 0.6 is 0 Å². The number of oxime groups is 1. The Morgan fingerprint density at radius 1 is 1.82 bits per heavy atom. The van der Waals surface area contributed by atoms with E-state index in [1.54, 1.807) is 6.07 Å². The summed E-state index contributed by atoms with van der Waals surface area (Å²) in [6.07, 6.45) is 7.68. The highest BCUT2D eigenvalue weighted by molar-refractivity contribution is 5.23. The van der Waals surface area contributed by atoms with Crippen molar-refractivity contribution in [3.05, 3.63) is 24.2 Å². The minimum atomic E-state index is -0.494. The molecule has 0 N–H and O–H groups in total. The van der Waals surface area contributed by atoms with E-state index in [2.05, 4.69) is 17.8 Å². The predicted octanol–water partition coefficient (Wildman–Crippen LogP) is 1.59. The normalized spacial score (nSPS) is 11.5. The number of furan rings is 1. The third kappa shape index (κ3) is 1.62. The van der Waals surface area contributed by atoms with Gasteiger partial charge in [0, 0.05) is 12.3 Å². The smallest absolute Gasteiger partial charge is 0.215 e. The molecule has 1 unspecified atom stereocenters. The van der Waals surface area contributed by atoms with Crippen LogP contribution in [0.15, 0.2) is 28.2 Å². The van der Waals surface area contributed by atoms with Gasteiger partial charge in [-0.05, 0) is 6.07 Å². The third-order valence-corrected chi connectivity index (χ3v) is 1.18. The maximum absolute atomic E-state index is 5.15. The Labute approximate surface area is 64.6 Å². The zero-order valence-electron chi connectivity index (χ0n) is 5.86. The number of rotatable bonds is 3. The number of hydrogen-bond donors (Lipinski definition) is 0. The molecule has 0 amide bonds. The number of hydrogen-bond acceptors (Lipinski definition) is 3. The van der Waals surface area contributed by atoms with E-state index >= 15 is 0 Å². The van der Waals surface area contributed by atoms with Crippen molar-refractivity contribution in [1.29, 1.82) is 0 Å². The summed E-state index contributed by atoms with van der Waals surface area (Å²) in [5.41, 5.74) is 0.764. The molecule has 0 aliphatic carbocycles. The van der Waals surface area contributed by atoms with Crippen LogP contribution in [0.3, 0.4) is 0 Å². The van der Waals surface area contributed by atoms with E-state index in [-0.39, 0.29) is 0 Å². The van der Waals surface area contributed by atoms with Gasteiger partial charge in [-0.25, -0.2) is 0 Å². The molecule has 11 heavy (non-hydrogen) atoms. The summed E-state index contributed by atoms with van der Waals surface area (Å²) in [5, 5.41) is 3.23. The van der Waals surface area contributed by atoms with Crippen molar-refractivity contribution in [3.63, 3.8) is 0 Å². The Kier molecular flexibility index (Phi) is 2.34. The van der Waals surface area contributed by atoms with Crippen molar-refractivity contribution >= 4 is 6.72 Å². The van der Waals surface area contributed by atoms with Gasteiger partial charge in [-0.2, -0.15) is 0 Å². The van der Waals surface area contributed by atoms with Crippen molar-refractivity contribution in [2.45, 2.75) is 6.10 Å². The van der Waals surface area contributed by atoms with E-state index in [0.29, 0.717) is 0 Å². The van der Waals surface area contributed by atoms with Crippen molar-refractivity contribution < 1.29 is 9.25 Å². The summed E-state index contributed by atoms with van der Waals surface area (Å²) >= 11 is 0. The molecule has 0 spiro atoms. The first-order chi connectivity index (χ1) is 5.38. The SMILES string of the molecule is C#CC(ON=C)c1ccoc1. The fraction of sp³-hybridized carbons (Fsp3) is 0.125. The van der Waals surface area contributed by atoms with Crippen molar-refractivity contribution in [1.82, 2.24) is 0 Å². The van der Waals surface area contributed by atoms with Crippen LogP contribution < -0.4 is 0 Å². The lowest BCUT2D eigenvalue weighted by Gasteiger charge is -2.03. The molecule has 0 fully saturated rings. The standard InChI is InChI=1S/C8H7NO2/c1-3-8(11-9-2)7-4-5-10-6-7/h1,4-6,8H,2H2. The van der Waals surface area contributed by atoms with Gasteiger partial charge in [0.05, 0.1) is 12.5 Å². The third-order valence-electron chi connectivity index (χ3n) is 1.18. The van der Waals surface area contributed by atoms with Crippen LogP contribution in [0.1, 0.15) is 11.7 Å². The molecule has 56 valence electrons. The van der Waals surface area contributed by atoms with Crippen LogP contribution in [0.5, 0.6) is 0 Å². The molecule has 0 aliphatic rings. The second-order valence-corrected chi connectivity index (χ2v) is 1.84. The van der Waals surface area contributed by atoms with Gasteiger partial charge in [-0.3, -0.25) is 0 Å². The van der Waals surface area contributed by atoms with E-state index in [1.165, 1.54) is 12.5 Å². The highest BCUT2D eigenvalue weighted by Gasteiger charge is 2.08. The molecule has 1 aromatic rings. The highest BCUT2D eigenvalue weighted by Crippen LogP contribution is 2.16. The lowest BCUT2D eigenvalue weighted by Crippen LogP contribution is -1.94. The van der Waals surface area contributed by atoms with Gasteiger partial charge in [0.2, 0.25) is 6.10 Å². The zero-order chi connectivity index (χ0) is 8.10. The maximum Gasteiger partial charge on any atom is 0.215 e. The minimum Gasteiger partial charge on any atom is -0.472 e. The summed E-state index contributed by atoms with van der Waals surface area (Å²) in [5.74, 6) is 2.39. The fourth-order valence-electron chi connectivity index (χ4n) is 0.686. The van der Waals surface area contributed by atoms with Gasteiger partial charge in [0.25, 0.3) is 0 Å². The molecule has 3 heteroatoms. The van der Waals surface area contributed by atoms with Crippen molar-refractivity contribution in [2.24, 2.45) is 5.16 Å². The van der Waals surface area contributed by atoms with Gasteiger partial charge in [0.1, 0.15) is 0 Å². The zero-order valence-corrected chi connectivity index (χ0v) is 5.86. The first kappa shape index (κ1) is 7.42. The lowest BCUT2D eigenvalue weighted by molar-refractivity contribution is 0.102. The lowest BCUT2D eigenvalue weighted by atomic mass is 10.2. The molecule has 1 atom stereocenters. The average molecular weight is 149 g/mol. The molecular weight excluding hydrogens is 142 g/mol. The monoisotopic (exact) mass is 149 g/mol.